The summed E-state index contributed by atoms with van der Waals surface area (Å²) in [6.45, 7) is 17.1. The molecule has 21 heavy (non-hydrogen) atoms. The average molecular weight is 360 g/mol. The maximum absolute atomic E-state index is 4.29. The summed E-state index contributed by atoms with van der Waals surface area (Å²) in [5.41, 5.74) is 2.20. The zero-order valence-corrected chi connectivity index (χ0v) is 17.4. The molecule has 0 amide bonds. The number of rotatable bonds is 1. The molecule has 1 aromatic rings. The molecule has 0 saturated carbocycles. The van der Waals surface area contributed by atoms with E-state index in [2.05, 4.69) is 55.5 Å². The largest absolute Gasteiger partial charge is 0.375 e. The van der Waals surface area contributed by atoms with Gasteiger partial charge in [-0.05, 0) is 25.0 Å². The van der Waals surface area contributed by atoms with E-state index < -0.39 is 0 Å². The van der Waals surface area contributed by atoms with E-state index in [1.54, 1.807) is 0 Å². The molecule has 1 aromatic heterocycles. The van der Waals surface area contributed by atoms with Crippen LogP contribution in [0, 0.1) is 30.2 Å². The molecule has 0 aliphatic carbocycles. The van der Waals surface area contributed by atoms with Crippen LogP contribution < -0.4 is 0 Å². The van der Waals surface area contributed by atoms with E-state index in [0.717, 1.165) is 24.3 Å². The van der Waals surface area contributed by atoms with Crippen molar-refractivity contribution < 1.29 is 32.7 Å². The number of hydrogen-bond acceptors (Lipinski definition) is 2. The standard InChI is InChI=1S/C16H21N2.C2H6.Y/c1-13-6-7-14(17-10-13)8-9-16(4,5)18-11-15(2,3)12-18;1-2;/h7,10H,11-12H2,1-5H3;1-2H3;/q-1;;. The molecule has 3 heteroatoms. The summed E-state index contributed by atoms with van der Waals surface area (Å²) in [6, 6.07) is 4.99. The molecular formula is C18H27N2Y-. The molecule has 2 nitrogen and oxygen atoms in total. The molecule has 1 radical (unpaired) electrons. The predicted octanol–water partition coefficient (Wildman–Crippen LogP) is 3.69. The topological polar surface area (TPSA) is 16.1 Å². The third-order valence-corrected chi connectivity index (χ3v) is 3.36. The van der Waals surface area contributed by atoms with Crippen molar-refractivity contribution in [2.45, 2.75) is 54.0 Å². The van der Waals surface area contributed by atoms with Crippen LogP contribution in [0.3, 0.4) is 0 Å². The Bertz CT molecular complexity index is 484. The van der Waals surface area contributed by atoms with Crippen molar-refractivity contribution in [3.63, 3.8) is 0 Å². The van der Waals surface area contributed by atoms with Crippen molar-refractivity contribution >= 4 is 0 Å². The molecule has 0 N–H and O–H groups in total. The van der Waals surface area contributed by atoms with Gasteiger partial charge in [0.25, 0.3) is 0 Å². The molecule has 2 heterocycles. The minimum Gasteiger partial charge on any atom is -0.375 e. The fourth-order valence-electron chi connectivity index (χ4n) is 2.17. The first-order chi connectivity index (χ1) is 9.28. The van der Waals surface area contributed by atoms with E-state index in [0.29, 0.717) is 5.41 Å². The number of likely N-dealkylation sites (tertiary alicyclic amines) is 1. The second-order valence-electron chi connectivity index (χ2n) is 6.44. The second kappa shape index (κ2) is 8.42. The van der Waals surface area contributed by atoms with Crippen LogP contribution in [0.5, 0.6) is 0 Å². The number of pyridine rings is 1. The van der Waals surface area contributed by atoms with Crippen LogP contribution >= 0.6 is 0 Å². The van der Waals surface area contributed by atoms with Gasteiger partial charge in [-0.25, -0.2) is 0 Å². The van der Waals surface area contributed by atoms with E-state index in [-0.39, 0.29) is 38.2 Å². The van der Waals surface area contributed by atoms with Crippen molar-refractivity contribution in [3.8, 4) is 11.8 Å². The summed E-state index contributed by atoms with van der Waals surface area (Å²) < 4.78 is 0. The van der Waals surface area contributed by atoms with Gasteiger partial charge in [-0.1, -0.05) is 46.7 Å². The summed E-state index contributed by atoms with van der Waals surface area (Å²) in [6.07, 6.45) is 1.81. The van der Waals surface area contributed by atoms with Crippen molar-refractivity contribution in [1.29, 1.82) is 0 Å². The van der Waals surface area contributed by atoms with Crippen LogP contribution in [0.15, 0.2) is 12.3 Å². The normalized spacial score (nSPS) is 16.3. The molecule has 113 valence electrons. The Hall–Kier alpha value is -0.226. The Morgan fingerprint density at radius 3 is 2.29 bits per heavy atom. The van der Waals surface area contributed by atoms with Gasteiger partial charge < -0.3 is 4.98 Å². The fourth-order valence-corrected chi connectivity index (χ4v) is 2.17. The molecule has 1 aliphatic rings. The predicted molar refractivity (Wildman–Crippen MR) is 85.5 cm³/mol. The SMILES string of the molecule is CC.Cc1[c-]cc(C#CC(C)(C)N2CC(C)(C)C2)nc1.[Y]. The van der Waals surface area contributed by atoms with Gasteiger partial charge in [-0.3, -0.25) is 4.90 Å². The molecule has 0 aromatic carbocycles. The Morgan fingerprint density at radius 2 is 1.86 bits per heavy atom. The van der Waals surface area contributed by atoms with Gasteiger partial charge in [-0.2, -0.15) is 6.07 Å². The molecule has 0 spiro atoms. The van der Waals surface area contributed by atoms with E-state index in [1.165, 1.54) is 0 Å². The molecule has 0 bridgehead atoms. The molecular weight excluding hydrogens is 333 g/mol. The Balaban J connectivity index is 0.00000128. The number of hydrogen-bond donors (Lipinski definition) is 0. The van der Waals surface area contributed by atoms with Gasteiger partial charge in [0, 0.05) is 45.8 Å². The van der Waals surface area contributed by atoms with Gasteiger partial charge in [0.1, 0.15) is 0 Å². The minimum absolute atomic E-state index is 0. The molecule has 1 aliphatic heterocycles. The fraction of sp³-hybridized carbons (Fsp3) is 0.611. The smallest absolute Gasteiger partial charge is 0.0762 e. The van der Waals surface area contributed by atoms with Gasteiger partial charge in [-0.15, -0.1) is 17.6 Å². The maximum Gasteiger partial charge on any atom is 0.0762 e. The summed E-state index contributed by atoms with van der Waals surface area (Å²) in [7, 11) is 0. The molecule has 1 fully saturated rings. The second-order valence-corrected chi connectivity index (χ2v) is 6.44. The summed E-state index contributed by atoms with van der Waals surface area (Å²) >= 11 is 0. The molecule has 0 unspecified atom stereocenters. The van der Waals surface area contributed by atoms with E-state index in [4.69, 9.17) is 0 Å². The number of aryl methyl sites for hydroxylation is 1. The maximum atomic E-state index is 4.29. The zero-order valence-electron chi connectivity index (χ0n) is 14.5. The van der Waals surface area contributed by atoms with Crippen molar-refractivity contribution in [2.24, 2.45) is 5.41 Å². The quantitative estimate of drug-likeness (QED) is 0.561. The van der Waals surface area contributed by atoms with Gasteiger partial charge in [0.2, 0.25) is 0 Å². The number of nitrogens with zero attached hydrogens (tertiary/aromatic N) is 2. The van der Waals surface area contributed by atoms with Crippen LogP contribution in [0.2, 0.25) is 0 Å². The van der Waals surface area contributed by atoms with Gasteiger partial charge >= 0.3 is 0 Å². The van der Waals surface area contributed by atoms with Gasteiger partial charge in [0.05, 0.1) is 5.54 Å². The summed E-state index contributed by atoms with van der Waals surface area (Å²) in [4.78, 5) is 6.70. The zero-order chi connectivity index (χ0) is 15.4. The van der Waals surface area contributed by atoms with E-state index in [1.807, 2.05) is 33.0 Å². The van der Waals surface area contributed by atoms with Crippen molar-refractivity contribution in [1.82, 2.24) is 9.88 Å². The van der Waals surface area contributed by atoms with Crippen LogP contribution in [0.4, 0.5) is 0 Å². The minimum atomic E-state index is -0.0813. The monoisotopic (exact) mass is 360 g/mol. The molecule has 1 saturated heterocycles. The average Bonchev–Trinajstić information content (AvgIpc) is 2.38. The van der Waals surface area contributed by atoms with Crippen LogP contribution in [0.25, 0.3) is 0 Å². The van der Waals surface area contributed by atoms with Crippen molar-refractivity contribution in [2.75, 3.05) is 13.1 Å². The number of aromatic nitrogens is 1. The third kappa shape index (κ3) is 6.19. The third-order valence-electron chi connectivity index (χ3n) is 3.36. The first-order valence-corrected chi connectivity index (χ1v) is 7.41. The van der Waals surface area contributed by atoms with E-state index >= 15 is 0 Å². The first kappa shape index (κ1) is 20.8. The molecule has 2 rings (SSSR count). The van der Waals surface area contributed by atoms with Crippen LogP contribution in [-0.4, -0.2) is 28.5 Å². The van der Waals surface area contributed by atoms with Gasteiger partial charge in [0.15, 0.2) is 0 Å². The van der Waals surface area contributed by atoms with Crippen LogP contribution in [0.1, 0.15) is 52.8 Å². The van der Waals surface area contributed by atoms with E-state index in [9.17, 15) is 0 Å². The Labute approximate surface area is 156 Å². The first-order valence-electron chi connectivity index (χ1n) is 7.41. The Kier molecular flexibility index (Phi) is 8.33. The molecule has 0 atom stereocenters. The summed E-state index contributed by atoms with van der Waals surface area (Å²) in [5.74, 6) is 6.48. The Morgan fingerprint density at radius 1 is 1.29 bits per heavy atom. The van der Waals surface area contributed by atoms with Crippen LogP contribution in [-0.2, 0) is 32.7 Å². The van der Waals surface area contributed by atoms with Crippen molar-refractivity contribution in [3.05, 3.63) is 29.6 Å². The summed E-state index contributed by atoms with van der Waals surface area (Å²) in [5, 5.41) is 0.